The first-order valence-electron chi connectivity index (χ1n) is 11.2. The van der Waals surface area contributed by atoms with Gasteiger partial charge in [-0.3, -0.25) is 0 Å². The number of phenols is 1. The number of allylic oxidation sites excluding steroid dienone is 1. The zero-order valence-electron chi connectivity index (χ0n) is 19.5. The number of fused-ring (bicyclic) bond motifs is 1. The van der Waals surface area contributed by atoms with Crippen LogP contribution < -0.4 is 9.47 Å². The fourth-order valence-electron chi connectivity index (χ4n) is 3.61. The number of hydrogen-bond acceptors (Lipinski definition) is 6. The Morgan fingerprint density at radius 3 is 2.55 bits per heavy atom. The number of cyclic esters (lactones) is 1. The summed E-state index contributed by atoms with van der Waals surface area (Å²) in [7, 11) is 3.17. The molecule has 0 spiro atoms. The van der Waals surface area contributed by atoms with Crippen LogP contribution in [-0.4, -0.2) is 37.5 Å². The summed E-state index contributed by atoms with van der Waals surface area (Å²) >= 11 is 0. The number of aromatic hydroxyl groups is 1. The number of benzene rings is 2. The zero-order valence-corrected chi connectivity index (χ0v) is 19.5. The SMILES string of the molecule is COc1ccc(COC2/C=C\C[C@@H](C)OC(=O)c3c(O)cc(OC)cc3/C=C/CCC2)cc1. The molecule has 0 saturated carbocycles. The lowest BCUT2D eigenvalue weighted by molar-refractivity contribution is 0.0342. The Morgan fingerprint density at radius 1 is 1.06 bits per heavy atom. The van der Waals surface area contributed by atoms with Gasteiger partial charge in [-0.25, -0.2) is 4.79 Å². The molecule has 0 fully saturated rings. The minimum atomic E-state index is -0.555. The van der Waals surface area contributed by atoms with Crippen molar-refractivity contribution in [2.45, 2.75) is 51.4 Å². The average Bonchev–Trinajstić information content (AvgIpc) is 2.81. The Bertz CT molecular complexity index is 977. The van der Waals surface area contributed by atoms with Crippen LogP contribution in [0.3, 0.4) is 0 Å². The third-order valence-corrected chi connectivity index (χ3v) is 5.47. The Balaban J connectivity index is 1.72. The molecule has 2 aromatic rings. The first-order valence-corrected chi connectivity index (χ1v) is 11.2. The molecule has 176 valence electrons. The minimum Gasteiger partial charge on any atom is -0.507 e. The van der Waals surface area contributed by atoms with E-state index < -0.39 is 5.97 Å². The molecule has 0 aliphatic carbocycles. The number of phenolic OH excluding ortho intramolecular Hbond substituents is 1. The molecule has 2 aromatic carbocycles. The van der Waals surface area contributed by atoms with Crippen molar-refractivity contribution in [1.29, 1.82) is 0 Å². The lowest BCUT2D eigenvalue weighted by Gasteiger charge is -2.17. The molecular weight excluding hydrogens is 420 g/mol. The second kappa shape index (κ2) is 12.1. The zero-order chi connectivity index (χ0) is 23.6. The van der Waals surface area contributed by atoms with Gasteiger partial charge in [0.15, 0.2) is 0 Å². The summed E-state index contributed by atoms with van der Waals surface area (Å²) in [6.45, 7) is 2.34. The van der Waals surface area contributed by atoms with Gasteiger partial charge in [0.2, 0.25) is 0 Å². The predicted octanol–water partition coefficient (Wildman–Crippen LogP) is 5.68. The number of carbonyl (C=O) groups excluding carboxylic acids is 1. The highest BCUT2D eigenvalue weighted by Gasteiger charge is 2.20. The van der Waals surface area contributed by atoms with E-state index in [1.54, 1.807) is 13.2 Å². The summed E-state index contributed by atoms with van der Waals surface area (Å²) in [4.78, 5) is 12.8. The van der Waals surface area contributed by atoms with Crippen LogP contribution in [0.25, 0.3) is 6.08 Å². The van der Waals surface area contributed by atoms with Crippen LogP contribution in [0, 0.1) is 0 Å². The van der Waals surface area contributed by atoms with Crippen LogP contribution in [0.1, 0.15) is 54.1 Å². The maximum Gasteiger partial charge on any atom is 0.342 e. The van der Waals surface area contributed by atoms with Crippen molar-refractivity contribution in [2.75, 3.05) is 14.2 Å². The van der Waals surface area contributed by atoms with E-state index in [-0.39, 0.29) is 23.5 Å². The van der Waals surface area contributed by atoms with Gasteiger partial charge < -0.3 is 24.1 Å². The average molecular weight is 453 g/mol. The maximum absolute atomic E-state index is 12.8. The number of hydrogen-bond donors (Lipinski definition) is 1. The van der Waals surface area contributed by atoms with Crippen molar-refractivity contribution >= 4 is 12.0 Å². The van der Waals surface area contributed by atoms with Crippen molar-refractivity contribution in [2.24, 2.45) is 0 Å². The highest BCUT2D eigenvalue weighted by Crippen LogP contribution is 2.30. The van der Waals surface area contributed by atoms with Gasteiger partial charge in [0.05, 0.1) is 26.9 Å². The van der Waals surface area contributed by atoms with E-state index >= 15 is 0 Å². The summed E-state index contributed by atoms with van der Waals surface area (Å²) < 4.78 is 22.2. The van der Waals surface area contributed by atoms with Crippen molar-refractivity contribution in [3.8, 4) is 17.2 Å². The molecule has 1 aliphatic heterocycles. The third kappa shape index (κ3) is 7.12. The van der Waals surface area contributed by atoms with Crippen molar-refractivity contribution < 1.29 is 28.8 Å². The molecule has 3 rings (SSSR count). The van der Waals surface area contributed by atoms with Crippen molar-refractivity contribution in [3.05, 3.63) is 71.3 Å². The summed E-state index contributed by atoms with van der Waals surface area (Å²) in [5, 5.41) is 10.4. The standard InChI is InChI=1S/C27H32O6/c1-19-8-7-11-23(32-18-20-12-14-22(30-2)15-13-20)10-6-4-5-9-21-16-24(31-3)17-25(28)26(21)27(29)33-19/h5,7,9,11-17,19,23,28H,4,6,8,10,18H2,1-3H3/b9-5+,11-7-/t19-,23?/m1/s1. The lowest BCUT2D eigenvalue weighted by atomic mass is 10.0. The van der Waals surface area contributed by atoms with Crippen LogP contribution in [0.2, 0.25) is 0 Å². The largest absolute Gasteiger partial charge is 0.507 e. The second-order valence-corrected chi connectivity index (χ2v) is 8.02. The number of carbonyl (C=O) groups is 1. The normalized spacial score (nSPS) is 21.2. The number of rotatable bonds is 5. The molecule has 0 radical (unpaired) electrons. The van der Waals surface area contributed by atoms with Gasteiger partial charge in [0.1, 0.15) is 28.9 Å². The van der Waals surface area contributed by atoms with Crippen LogP contribution >= 0.6 is 0 Å². The molecule has 0 amide bonds. The smallest absolute Gasteiger partial charge is 0.342 e. The van der Waals surface area contributed by atoms with E-state index in [2.05, 4.69) is 0 Å². The minimum absolute atomic E-state index is 0.0391. The summed E-state index contributed by atoms with van der Waals surface area (Å²) in [5.41, 5.74) is 1.81. The second-order valence-electron chi connectivity index (χ2n) is 8.02. The van der Waals surface area contributed by atoms with E-state index in [1.165, 1.54) is 13.2 Å². The Kier molecular flexibility index (Phi) is 8.95. The Labute approximate surface area is 195 Å². The fourth-order valence-corrected chi connectivity index (χ4v) is 3.61. The van der Waals surface area contributed by atoms with Gasteiger partial charge in [-0.2, -0.15) is 0 Å². The molecule has 1 N–H and O–H groups in total. The van der Waals surface area contributed by atoms with E-state index in [0.29, 0.717) is 24.3 Å². The van der Waals surface area contributed by atoms with E-state index in [0.717, 1.165) is 30.6 Å². The fraction of sp³-hybridized carbons (Fsp3) is 0.370. The quantitative estimate of drug-likeness (QED) is 0.464. The first-order chi connectivity index (χ1) is 16.0. The highest BCUT2D eigenvalue weighted by atomic mass is 16.5. The summed E-state index contributed by atoms with van der Waals surface area (Å²) in [6.07, 6.45) is 10.6. The van der Waals surface area contributed by atoms with Gasteiger partial charge >= 0.3 is 5.97 Å². The van der Waals surface area contributed by atoms with Gasteiger partial charge in [-0.15, -0.1) is 0 Å². The van der Waals surface area contributed by atoms with Crippen LogP contribution in [0.15, 0.2) is 54.6 Å². The van der Waals surface area contributed by atoms with E-state index in [9.17, 15) is 9.90 Å². The number of ether oxygens (including phenoxy) is 4. The van der Waals surface area contributed by atoms with Gasteiger partial charge in [0.25, 0.3) is 0 Å². The molecule has 33 heavy (non-hydrogen) atoms. The van der Waals surface area contributed by atoms with Crippen molar-refractivity contribution in [1.82, 2.24) is 0 Å². The summed E-state index contributed by atoms with van der Waals surface area (Å²) in [5.74, 6) is 0.591. The van der Waals surface area contributed by atoms with E-state index in [1.807, 2.05) is 55.5 Å². The van der Waals surface area contributed by atoms with Gasteiger partial charge in [-0.05, 0) is 55.5 Å². The molecule has 1 aliphatic rings. The van der Waals surface area contributed by atoms with Crippen LogP contribution in [0.4, 0.5) is 0 Å². The van der Waals surface area contributed by atoms with E-state index in [4.69, 9.17) is 18.9 Å². The van der Waals surface area contributed by atoms with Gasteiger partial charge in [0, 0.05) is 12.5 Å². The van der Waals surface area contributed by atoms with Crippen LogP contribution in [0.5, 0.6) is 17.2 Å². The number of esters is 1. The monoisotopic (exact) mass is 452 g/mol. The topological polar surface area (TPSA) is 74.2 Å². The highest BCUT2D eigenvalue weighted by molar-refractivity contribution is 5.97. The maximum atomic E-state index is 12.8. The third-order valence-electron chi connectivity index (χ3n) is 5.47. The lowest BCUT2D eigenvalue weighted by Crippen LogP contribution is -2.16. The molecule has 0 bridgehead atoms. The Hall–Kier alpha value is -3.25. The van der Waals surface area contributed by atoms with Crippen molar-refractivity contribution in [3.63, 3.8) is 0 Å². The number of methoxy groups -OCH3 is 2. The molecule has 0 saturated heterocycles. The van der Waals surface area contributed by atoms with Crippen LogP contribution in [-0.2, 0) is 16.1 Å². The molecule has 1 unspecified atom stereocenters. The molecule has 6 heteroatoms. The Morgan fingerprint density at radius 2 is 1.82 bits per heavy atom. The molecular formula is C27H32O6. The molecule has 6 nitrogen and oxygen atoms in total. The molecule has 2 atom stereocenters. The molecule has 1 heterocycles. The predicted molar refractivity (Wildman–Crippen MR) is 128 cm³/mol. The summed E-state index contributed by atoms with van der Waals surface area (Å²) in [6, 6.07) is 11.0. The molecule has 0 aromatic heterocycles. The van der Waals surface area contributed by atoms with Gasteiger partial charge in [-0.1, -0.05) is 36.4 Å². The first kappa shape index (κ1) is 24.4.